The van der Waals surface area contributed by atoms with Crippen molar-refractivity contribution in [2.45, 2.75) is 105 Å². The molecule has 0 bridgehead atoms. The van der Waals surface area contributed by atoms with E-state index in [1.807, 2.05) is 5.57 Å². The quantitative estimate of drug-likeness (QED) is 0.472. The second-order valence-electron chi connectivity index (χ2n) is 11.9. The van der Waals surface area contributed by atoms with Gasteiger partial charge in [0, 0.05) is 6.61 Å². The average Bonchev–Trinajstić information content (AvgIpc) is 3.04. The maximum atomic E-state index is 9.32. The van der Waals surface area contributed by atoms with Gasteiger partial charge in [0.15, 0.2) is 0 Å². The van der Waals surface area contributed by atoms with Gasteiger partial charge in [0.25, 0.3) is 0 Å². The Kier molecular flexibility index (Phi) is 6.05. The van der Waals surface area contributed by atoms with Gasteiger partial charge < -0.3 is 5.11 Å². The molecule has 28 heavy (non-hydrogen) atoms. The molecule has 0 aliphatic heterocycles. The summed E-state index contributed by atoms with van der Waals surface area (Å²) in [5, 5.41) is 9.32. The molecule has 0 radical (unpaired) electrons. The lowest BCUT2D eigenvalue weighted by Crippen LogP contribution is -2.50. The predicted octanol–water partition coefficient (Wildman–Crippen LogP) is 7.39. The molecule has 4 aliphatic carbocycles. The molecule has 4 rings (SSSR count). The highest BCUT2D eigenvalue weighted by Gasteiger charge is 2.58. The molecule has 1 nitrogen and oxygen atoms in total. The first-order valence-electron chi connectivity index (χ1n) is 12.7. The van der Waals surface area contributed by atoms with Gasteiger partial charge in [-0.15, -0.1) is 0 Å². The first-order chi connectivity index (χ1) is 13.4. The van der Waals surface area contributed by atoms with Crippen molar-refractivity contribution < 1.29 is 5.11 Å². The van der Waals surface area contributed by atoms with Gasteiger partial charge in [-0.05, 0) is 104 Å². The molecule has 3 fully saturated rings. The summed E-state index contributed by atoms with van der Waals surface area (Å²) < 4.78 is 0. The summed E-state index contributed by atoms with van der Waals surface area (Å²) in [7, 11) is 0. The molecule has 8 atom stereocenters. The summed E-state index contributed by atoms with van der Waals surface area (Å²) in [5.41, 5.74) is 3.00. The van der Waals surface area contributed by atoms with E-state index in [2.05, 4.69) is 33.8 Å². The van der Waals surface area contributed by atoms with Crippen molar-refractivity contribution in [1.29, 1.82) is 0 Å². The van der Waals surface area contributed by atoms with Crippen LogP contribution in [-0.2, 0) is 0 Å². The summed E-state index contributed by atoms with van der Waals surface area (Å²) in [6, 6.07) is 0. The SMILES string of the molecule is CC(CO)CCCC(C)C1CCC2C3CC=C4CCCCC4(C)C3CCC12C. The number of aliphatic hydroxyl groups is 1. The lowest BCUT2D eigenvalue weighted by atomic mass is 9.47. The highest BCUT2D eigenvalue weighted by Crippen LogP contribution is 2.67. The Morgan fingerprint density at radius 2 is 1.86 bits per heavy atom. The van der Waals surface area contributed by atoms with Crippen LogP contribution in [0.1, 0.15) is 105 Å². The van der Waals surface area contributed by atoms with Crippen LogP contribution in [0.4, 0.5) is 0 Å². The monoisotopic (exact) mass is 386 g/mol. The maximum Gasteiger partial charge on any atom is 0.0456 e. The molecule has 0 spiro atoms. The maximum absolute atomic E-state index is 9.32. The molecule has 8 unspecified atom stereocenters. The van der Waals surface area contributed by atoms with E-state index in [-0.39, 0.29) is 0 Å². The molecule has 0 aromatic carbocycles. The van der Waals surface area contributed by atoms with E-state index in [1.54, 1.807) is 0 Å². The highest BCUT2D eigenvalue weighted by atomic mass is 16.3. The van der Waals surface area contributed by atoms with Crippen molar-refractivity contribution in [2.75, 3.05) is 6.61 Å². The Hall–Kier alpha value is -0.300. The fraction of sp³-hybridized carbons (Fsp3) is 0.926. The van der Waals surface area contributed by atoms with Crippen LogP contribution >= 0.6 is 0 Å². The fourth-order valence-corrected chi connectivity index (χ4v) is 8.75. The molecular weight excluding hydrogens is 340 g/mol. The van der Waals surface area contributed by atoms with Gasteiger partial charge in [0.2, 0.25) is 0 Å². The lowest BCUT2D eigenvalue weighted by molar-refractivity contribution is -0.0500. The second-order valence-corrected chi connectivity index (χ2v) is 11.9. The van der Waals surface area contributed by atoms with Gasteiger partial charge in [0.1, 0.15) is 0 Å². The van der Waals surface area contributed by atoms with Gasteiger partial charge in [-0.25, -0.2) is 0 Å². The standard InChI is InChI=1S/C27H46O/c1-19(18-28)8-7-9-20(2)23-13-14-24-22-12-11-21-10-5-6-16-26(21,3)25(22)15-17-27(23,24)4/h11,19-20,22-25,28H,5-10,12-18H2,1-4H3. The molecular formula is C27H46O. The average molecular weight is 387 g/mol. The van der Waals surface area contributed by atoms with E-state index >= 15 is 0 Å². The first kappa shape index (κ1) is 21.0. The molecule has 0 amide bonds. The molecule has 4 aliphatic rings. The summed E-state index contributed by atoms with van der Waals surface area (Å²) in [5.74, 6) is 5.20. The third-order valence-electron chi connectivity index (χ3n) is 10.4. The van der Waals surface area contributed by atoms with Crippen molar-refractivity contribution in [2.24, 2.45) is 46.3 Å². The molecule has 0 aromatic heterocycles. The third kappa shape index (κ3) is 3.42. The van der Waals surface area contributed by atoms with Crippen molar-refractivity contribution in [3.63, 3.8) is 0 Å². The molecule has 1 N–H and O–H groups in total. The van der Waals surface area contributed by atoms with Gasteiger partial charge >= 0.3 is 0 Å². The van der Waals surface area contributed by atoms with Gasteiger partial charge in [-0.1, -0.05) is 58.6 Å². The number of rotatable bonds is 6. The highest BCUT2D eigenvalue weighted by molar-refractivity contribution is 5.24. The Bertz CT molecular complexity index is 579. The van der Waals surface area contributed by atoms with E-state index in [0.29, 0.717) is 23.4 Å². The smallest absolute Gasteiger partial charge is 0.0456 e. The van der Waals surface area contributed by atoms with Crippen LogP contribution in [-0.4, -0.2) is 11.7 Å². The minimum Gasteiger partial charge on any atom is -0.396 e. The fourth-order valence-electron chi connectivity index (χ4n) is 8.75. The van der Waals surface area contributed by atoms with Crippen LogP contribution in [0.25, 0.3) is 0 Å². The van der Waals surface area contributed by atoms with Crippen LogP contribution < -0.4 is 0 Å². The summed E-state index contributed by atoms with van der Waals surface area (Å²) >= 11 is 0. The van der Waals surface area contributed by atoms with Gasteiger partial charge in [-0.3, -0.25) is 0 Å². The van der Waals surface area contributed by atoms with Gasteiger partial charge in [-0.2, -0.15) is 0 Å². The Morgan fingerprint density at radius 3 is 2.64 bits per heavy atom. The predicted molar refractivity (Wildman–Crippen MR) is 119 cm³/mol. The molecule has 160 valence electrons. The first-order valence-corrected chi connectivity index (χ1v) is 12.7. The van der Waals surface area contributed by atoms with E-state index in [1.165, 1.54) is 77.0 Å². The zero-order valence-corrected chi connectivity index (χ0v) is 19.2. The summed E-state index contributed by atoms with van der Waals surface area (Å²) in [4.78, 5) is 0. The minimum atomic E-state index is 0.356. The van der Waals surface area contributed by atoms with Crippen LogP contribution in [0.2, 0.25) is 0 Å². The lowest BCUT2D eigenvalue weighted by Gasteiger charge is -2.58. The van der Waals surface area contributed by atoms with Crippen molar-refractivity contribution in [1.82, 2.24) is 0 Å². The molecule has 3 saturated carbocycles. The Balaban J connectivity index is 1.45. The van der Waals surface area contributed by atoms with Crippen LogP contribution in [0, 0.1) is 46.3 Å². The third-order valence-corrected chi connectivity index (χ3v) is 10.4. The van der Waals surface area contributed by atoms with Crippen molar-refractivity contribution >= 4 is 0 Å². The van der Waals surface area contributed by atoms with Crippen LogP contribution in [0.3, 0.4) is 0 Å². The normalized spacial score (nSPS) is 44.8. The van der Waals surface area contributed by atoms with E-state index in [4.69, 9.17) is 0 Å². The van der Waals surface area contributed by atoms with Gasteiger partial charge in [0.05, 0.1) is 0 Å². The zero-order valence-electron chi connectivity index (χ0n) is 19.2. The van der Waals surface area contributed by atoms with Crippen LogP contribution in [0.5, 0.6) is 0 Å². The van der Waals surface area contributed by atoms with Crippen LogP contribution in [0.15, 0.2) is 11.6 Å². The number of hydrogen-bond acceptors (Lipinski definition) is 1. The summed E-state index contributed by atoms with van der Waals surface area (Å²) in [6.45, 7) is 10.4. The largest absolute Gasteiger partial charge is 0.396 e. The molecule has 0 heterocycles. The zero-order chi connectivity index (χ0) is 19.9. The number of aliphatic hydroxyl groups excluding tert-OH is 1. The Labute approximate surface area is 174 Å². The molecule has 1 heteroatoms. The van der Waals surface area contributed by atoms with E-state index < -0.39 is 0 Å². The van der Waals surface area contributed by atoms with E-state index in [0.717, 1.165) is 29.6 Å². The van der Waals surface area contributed by atoms with Crippen molar-refractivity contribution in [3.8, 4) is 0 Å². The Morgan fingerprint density at radius 1 is 1.04 bits per heavy atom. The molecule has 0 saturated heterocycles. The second kappa shape index (κ2) is 8.09. The van der Waals surface area contributed by atoms with Crippen molar-refractivity contribution in [3.05, 3.63) is 11.6 Å². The van der Waals surface area contributed by atoms with E-state index in [9.17, 15) is 5.11 Å². The topological polar surface area (TPSA) is 20.2 Å². The minimum absolute atomic E-state index is 0.356. The number of allylic oxidation sites excluding steroid dienone is 2. The number of hydrogen-bond donors (Lipinski definition) is 1. The number of fused-ring (bicyclic) bond motifs is 5. The molecule has 0 aromatic rings. The summed E-state index contributed by atoms with van der Waals surface area (Å²) in [6.07, 6.45) is 19.7.